The molecule has 162 valence electrons. The fraction of sp³-hybridized carbons (Fsp3) is 0.208. The average molecular weight is 439 g/mol. The highest BCUT2D eigenvalue weighted by Crippen LogP contribution is 2.26. The maximum atomic E-state index is 12.9. The van der Waals surface area contributed by atoms with Gasteiger partial charge < -0.3 is 10.1 Å². The van der Waals surface area contributed by atoms with E-state index in [-0.39, 0.29) is 0 Å². The van der Waals surface area contributed by atoms with Gasteiger partial charge >= 0.3 is 0 Å². The van der Waals surface area contributed by atoms with Gasteiger partial charge in [-0.15, -0.1) is 0 Å². The fourth-order valence-electron chi connectivity index (χ4n) is 3.36. The zero-order chi connectivity index (χ0) is 22.6. The van der Waals surface area contributed by atoms with Crippen molar-refractivity contribution < 1.29 is 17.9 Å². The van der Waals surface area contributed by atoms with E-state index in [2.05, 4.69) is 5.32 Å². The molecule has 1 amide bonds. The van der Waals surface area contributed by atoms with Crippen LogP contribution in [0.2, 0.25) is 0 Å². The van der Waals surface area contributed by atoms with Gasteiger partial charge in [0.25, 0.3) is 0 Å². The molecule has 0 aliphatic carbocycles. The Bertz CT molecular complexity index is 1140. The molecule has 3 aromatic carbocycles. The quantitative estimate of drug-likeness (QED) is 0.570. The Kier molecular flexibility index (Phi) is 6.65. The lowest BCUT2D eigenvalue weighted by molar-refractivity contribution is -0.116. The van der Waals surface area contributed by atoms with Gasteiger partial charge in [-0.3, -0.25) is 9.10 Å². The predicted octanol–water partition coefficient (Wildman–Crippen LogP) is 4.89. The van der Waals surface area contributed by atoms with Crippen LogP contribution < -0.4 is 14.4 Å². The molecule has 6 nitrogen and oxygen atoms in total. The SMILES string of the molecule is Cc1cc(C)cc(N([C@H](C)C(=O)Nc2ccc(Oc3ccccc3)cc2)S(C)(=O)=O)c1. The second-order valence-corrected chi connectivity index (χ2v) is 9.37. The standard InChI is InChI=1S/C24H26N2O4S/c1-17-14-18(2)16-21(15-17)26(31(4,28)29)19(3)24(27)25-20-10-12-23(13-11-20)30-22-8-6-5-7-9-22/h5-16,19H,1-4H3,(H,25,27)/t19-/m1/s1. The van der Waals surface area contributed by atoms with Gasteiger partial charge in [0.05, 0.1) is 11.9 Å². The lowest BCUT2D eigenvalue weighted by Gasteiger charge is -2.28. The number of nitrogens with one attached hydrogen (secondary N) is 1. The Morgan fingerprint density at radius 2 is 1.45 bits per heavy atom. The third kappa shape index (κ3) is 5.86. The van der Waals surface area contributed by atoms with Gasteiger partial charge in [0, 0.05) is 5.69 Å². The van der Waals surface area contributed by atoms with Crippen molar-refractivity contribution in [2.24, 2.45) is 0 Å². The summed E-state index contributed by atoms with van der Waals surface area (Å²) < 4.78 is 31.9. The minimum atomic E-state index is -3.68. The molecule has 0 heterocycles. The number of aryl methyl sites for hydroxylation is 2. The molecule has 1 N–H and O–H groups in total. The van der Waals surface area contributed by atoms with Crippen molar-refractivity contribution in [3.05, 3.63) is 83.9 Å². The van der Waals surface area contributed by atoms with Crippen molar-refractivity contribution in [1.29, 1.82) is 0 Å². The summed E-state index contributed by atoms with van der Waals surface area (Å²) in [4.78, 5) is 12.9. The molecule has 3 aromatic rings. The second-order valence-electron chi connectivity index (χ2n) is 7.51. The molecular weight excluding hydrogens is 412 g/mol. The molecule has 7 heteroatoms. The number of rotatable bonds is 7. The minimum Gasteiger partial charge on any atom is -0.457 e. The molecule has 3 rings (SSSR count). The van der Waals surface area contributed by atoms with Crippen LogP contribution >= 0.6 is 0 Å². The fourth-order valence-corrected chi connectivity index (χ4v) is 4.52. The van der Waals surface area contributed by atoms with Crippen molar-refractivity contribution in [1.82, 2.24) is 0 Å². The Balaban J connectivity index is 1.76. The van der Waals surface area contributed by atoms with Gasteiger partial charge in [0.1, 0.15) is 17.5 Å². The summed E-state index contributed by atoms with van der Waals surface area (Å²) in [6, 6.07) is 20.8. The summed E-state index contributed by atoms with van der Waals surface area (Å²) in [5.41, 5.74) is 2.86. The number of anilines is 2. The zero-order valence-corrected chi connectivity index (χ0v) is 18.8. The third-order valence-corrected chi connectivity index (χ3v) is 5.89. The Morgan fingerprint density at radius 3 is 2.00 bits per heavy atom. The molecule has 0 aliphatic rings. The van der Waals surface area contributed by atoms with Crippen LogP contribution in [0.4, 0.5) is 11.4 Å². The average Bonchev–Trinajstić information content (AvgIpc) is 2.68. The normalized spacial score (nSPS) is 12.1. The molecule has 0 spiro atoms. The largest absolute Gasteiger partial charge is 0.457 e. The summed E-state index contributed by atoms with van der Waals surface area (Å²) in [5, 5.41) is 2.78. The van der Waals surface area contributed by atoms with Crippen molar-refractivity contribution in [3.8, 4) is 11.5 Å². The van der Waals surface area contributed by atoms with Crippen LogP contribution in [-0.4, -0.2) is 26.6 Å². The zero-order valence-electron chi connectivity index (χ0n) is 18.0. The van der Waals surface area contributed by atoms with Gasteiger partial charge in [-0.2, -0.15) is 0 Å². The van der Waals surface area contributed by atoms with Crippen molar-refractivity contribution in [3.63, 3.8) is 0 Å². The Morgan fingerprint density at radius 1 is 0.903 bits per heavy atom. The summed E-state index contributed by atoms with van der Waals surface area (Å²) in [7, 11) is -3.68. The number of carbonyl (C=O) groups is 1. The number of benzene rings is 3. The molecule has 31 heavy (non-hydrogen) atoms. The third-order valence-electron chi connectivity index (χ3n) is 4.65. The van der Waals surface area contributed by atoms with Crippen molar-refractivity contribution in [2.75, 3.05) is 15.9 Å². The van der Waals surface area contributed by atoms with Gasteiger partial charge in [0.15, 0.2) is 0 Å². The highest BCUT2D eigenvalue weighted by atomic mass is 32.2. The maximum Gasteiger partial charge on any atom is 0.247 e. The van der Waals surface area contributed by atoms with Gasteiger partial charge in [-0.05, 0) is 80.4 Å². The second kappa shape index (κ2) is 9.22. The first-order valence-electron chi connectivity index (χ1n) is 9.85. The number of hydrogen-bond donors (Lipinski definition) is 1. The highest BCUT2D eigenvalue weighted by molar-refractivity contribution is 7.92. The van der Waals surface area contributed by atoms with Crippen LogP contribution in [0.5, 0.6) is 11.5 Å². The van der Waals surface area contributed by atoms with E-state index in [1.54, 1.807) is 43.3 Å². The van der Waals surface area contributed by atoms with E-state index in [9.17, 15) is 13.2 Å². The number of ether oxygens (including phenoxy) is 1. The van der Waals surface area contributed by atoms with Crippen LogP contribution in [0, 0.1) is 13.8 Å². The van der Waals surface area contributed by atoms with Crippen LogP contribution in [0.1, 0.15) is 18.1 Å². The summed E-state index contributed by atoms with van der Waals surface area (Å²) >= 11 is 0. The minimum absolute atomic E-state index is 0.429. The van der Waals surface area contributed by atoms with E-state index in [4.69, 9.17) is 4.74 Å². The molecule has 1 atom stereocenters. The lowest BCUT2D eigenvalue weighted by atomic mass is 10.1. The number of hydrogen-bond acceptors (Lipinski definition) is 4. The van der Waals surface area contributed by atoms with Crippen molar-refractivity contribution >= 4 is 27.3 Å². The molecule has 0 fully saturated rings. The van der Waals surface area contributed by atoms with E-state index in [1.807, 2.05) is 50.2 Å². The van der Waals surface area contributed by atoms with E-state index < -0.39 is 22.0 Å². The Hall–Kier alpha value is -3.32. The van der Waals surface area contributed by atoms with Crippen LogP contribution in [0.15, 0.2) is 72.8 Å². The number of sulfonamides is 1. The van der Waals surface area contributed by atoms with E-state index in [0.717, 1.165) is 21.7 Å². The molecule has 0 radical (unpaired) electrons. The van der Waals surface area contributed by atoms with Gasteiger partial charge in [-0.25, -0.2) is 8.42 Å². The number of para-hydroxylation sites is 1. The van der Waals surface area contributed by atoms with Crippen molar-refractivity contribution in [2.45, 2.75) is 26.8 Å². The van der Waals surface area contributed by atoms with E-state index in [0.29, 0.717) is 22.9 Å². The first-order valence-corrected chi connectivity index (χ1v) is 11.7. The molecule has 0 saturated heterocycles. The highest BCUT2D eigenvalue weighted by Gasteiger charge is 2.29. The number of carbonyl (C=O) groups excluding carboxylic acids is 1. The molecule has 0 aliphatic heterocycles. The first-order chi connectivity index (χ1) is 14.6. The predicted molar refractivity (Wildman–Crippen MR) is 124 cm³/mol. The molecule has 0 bridgehead atoms. The molecular formula is C24H26N2O4S. The molecule has 0 unspecified atom stereocenters. The lowest BCUT2D eigenvalue weighted by Crippen LogP contribution is -2.45. The maximum absolute atomic E-state index is 12.9. The summed E-state index contributed by atoms with van der Waals surface area (Å²) in [6.07, 6.45) is 1.10. The number of amides is 1. The molecule has 0 aromatic heterocycles. The Labute approximate surface area is 183 Å². The first kappa shape index (κ1) is 22.4. The van der Waals surface area contributed by atoms with Gasteiger partial charge in [0.2, 0.25) is 15.9 Å². The smallest absolute Gasteiger partial charge is 0.247 e. The summed E-state index contributed by atoms with van der Waals surface area (Å²) in [6.45, 7) is 5.35. The van der Waals surface area contributed by atoms with Crippen LogP contribution in [0.25, 0.3) is 0 Å². The number of nitrogens with zero attached hydrogens (tertiary/aromatic N) is 1. The topological polar surface area (TPSA) is 75.7 Å². The van der Waals surface area contributed by atoms with E-state index in [1.165, 1.54) is 0 Å². The van der Waals surface area contributed by atoms with Crippen LogP contribution in [0.3, 0.4) is 0 Å². The van der Waals surface area contributed by atoms with Gasteiger partial charge in [-0.1, -0.05) is 24.3 Å². The molecule has 0 saturated carbocycles. The summed E-state index contributed by atoms with van der Waals surface area (Å²) in [5.74, 6) is 0.914. The monoisotopic (exact) mass is 438 g/mol. The van der Waals surface area contributed by atoms with Crippen LogP contribution in [-0.2, 0) is 14.8 Å². The van der Waals surface area contributed by atoms with E-state index >= 15 is 0 Å².